The predicted octanol–water partition coefficient (Wildman–Crippen LogP) is 7.05. The molecule has 0 fully saturated rings. The highest BCUT2D eigenvalue weighted by molar-refractivity contribution is 7.98. The number of ketones is 2. The van der Waals surface area contributed by atoms with Crippen LogP contribution < -0.4 is 0 Å². The molecule has 0 amide bonds. The molecule has 0 atom stereocenters. The molecule has 2 nitrogen and oxygen atoms in total. The lowest BCUT2D eigenvalue weighted by Gasteiger charge is -2.22. The van der Waals surface area contributed by atoms with Gasteiger partial charge in [-0.3, -0.25) is 9.59 Å². The van der Waals surface area contributed by atoms with Gasteiger partial charge in [-0.25, -0.2) is 0 Å². The van der Waals surface area contributed by atoms with Crippen molar-refractivity contribution in [1.29, 1.82) is 0 Å². The van der Waals surface area contributed by atoms with Crippen LogP contribution in [0.25, 0.3) is 0 Å². The van der Waals surface area contributed by atoms with E-state index in [4.69, 9.17) is 0 Å². The first-order valence-electron chi connectivity index (χ1n) is 10.4. The Hall–Kier alpha value is -3.08. The summed E-state index contributed by atoms with van der Waals surface area (Å²) in [6.07, 6.45) is 0. The number of hydrogen-bond donors (Lipinski definition) is 0. The Kier molecular flexibility index (Phi) is 5.97. The summed E-state index contributed by atoms with van der Waals surface area (Å²) >= 11 is 3.20. The van der Waals surface area contributed by atoms with Gasteiger partial charge in [0.1, 0.15) is 0 Å². The average molecular weight is 453 g/mol. The maximum atomic E-state index is 13.5. The van der Waals surface area contributed by atoms with Gasteiger partial charge in [0, 0.05) is 43.6 Å². The Morgan fingerprint density at radius 1 is 0.469 bits per heavy atom. The maximum Gasteiger partial charge on any atom is 0.195 e. The van der Waals surface area contributed by atoms with Crippen molar-refractivity contribution in [2.75, 3.05) is 0 Å². The molecule has 5 rings (SSSR count). The zero-order chi connectivity index (χ0) is 21.9. The number of carbonyl (C=O) groups is 2. The third kappa shape index (κ3) is 4.04. The van der Waals surface area contributed by atoms with E-state index in [9.17, 15) is 9.59 Å². The second kappa shape index (κ2) is 9.19. The van der Waals surface area contributed by atoms with Gasteiger partial charge in [0.25, 0.3) is 0 Å². The molecule has 32 heavy (non-hydrogen) atoms. The zero-order valence-corrected chi connectivity index (χ0v) is 18.9. The lowest BCUT2D eigenvalue weighted by atomic mass is 9.84. The minimum Gasteiger partial charge on any atom is -0.289 e. The SMILES string of the molecule is O=C1c2cccc(SCc3ccccc3)c2C(=O)c2cccc(SCc3ccccc3)c21. The summed E-state index contributed by atoms with van der Waals surface area (Å²) in [4.78, 5) is 28.8. The van der Waals surface area contributed by atoms with E-state index in [1.54, 1.807) is 35.7 Å². The van der Waals surface area contributed by atoms with Gasteiger partial charge in [0.05, 0.1) is 0 Å². The summed E-state index contributed by atoms with van der Waals surface area (Å²) < 4.78 is 0. The molecule has 1 aliphatic rings. The van der Waals surface area contributed by atoms with E-state index in [0.29, 0.717) is 22.3 Å². The fourth-order valence-electron chi connectivity index (χ4n) is 3.89. The quantitative estimate of drug-likeness (QED) is 0.259. The van der Waals surface area contributed by atoms with Crippen molar-refractivity contribution in [1.82, 2.24) is 0 Å². The fraction of sp³-hybridized carbons (Fsp3) is 0.0714. The van der Waals surface area contributed by atoms with Crippen LogP contribution in [-0.2, 0) is 11.5 Å². The van der Waals surface area contributed by atoms with Gasteiger partial charge in [-0.1, -0.05) is 84.9 Å². The van der Waals surface area contributed by atoms with Crippen LogP contribution in [-0.4, -0.2) is 11.6 Å². The summed E-state index contributed by atoms with van der Waals surface area (Å²) in [7, 11) is 0. The second-order valence-corrected chi connectivity index (χ2v) is 9.60. The number of thioether (sulfide) groups is 2. The number of hydrogen-bond acceptors (Lipinski definition) is 4. The molecular weight excluding hydrogens is 432 g/mol. The van der Waals surface area contributed by atoms with Crippen molar-refractivity contribution in [2.24, 2.45) is 0 Å². The van der Waals surface area contributed by atoms with Gasteiger partial charge in [0.2, 0.25) is 0 Å². The molecule has 0 radical (unpaired) electrons. The second-order valence-electron chi connectivity index (χ2n) is 7.56. The molecule has 0 heterocycles. The van der Waals surface area contributed by atoms with Crippen molar-refractivity contribution in [3.8, 4) is 0 Å². The van der Waals surface area contributed by atoms with Gasteiger partial charge in [0.15, 0.2) is 11.6 Å². The maximum absolute atomic E-state index is 13.5. The smallest absolute Gasteiger partial charge is 0.195 e. The van der Waals surface area contributed by atoms with E-state index in [1.807, 2.05) is 60.7 Å². The van der Waals surface area contributed by atoms with E-state index in [0.717, 1.165) is 21.3 Å². The number of carbonyl (C=O) groups excluding carboxylic acids is 2. The minimum absolute atomic E-state index is 0.0621. The van der Waals surface area contributed by atoms with Crippen molar-refractivity contribution >= 4 is 35.1 Å². The Morgan fingerprint density at radius 3 is 1.28 bits per heavy atom. The van der Waals surface area contributed by atoms with E-state index in [1.165, 1.54) is 11.1 Å². The van der Waals surface area contributed by atoms with E-state index in [2.05, 4.69) is 24.3 Å². The van der Waals surface area contributed by atoms with E-state index < -0.39 is 0 Å². The van der Waals surface area contributed by atoms with E-state index >= 15 is 0 Å². The first-order valence-corrected chi connectivity index (χ1v) is 12.4. The summed E-state index contributed by atoms with van der Waals surface area (Å²) in [5.74, 6) is 1.37. The van der Waals surface area contributed by atoms with Crippen LogP contribution >= 0.6 is 23.5 Å². The first kappa shape index (κ1) is 20.8. The van der Waals surface area contributed by atoms with Crippen LogP contribution in [0.5, 0.6) is 0 Å². The highest BCUT2D eigenvalue weighted by atomic mass is 32.2. The van der Waals surface area contributed by atoms with Gasteiger partial charge in [-0.05, 0) is 23.3 Å². The minimum atomic E-state index is -0.0621. The first-order chi connectivity index (χ1) is 15.7. The molecule has 0 aliphatic heterocycles. The lowest BCUT2D eigenvalue weighted by Crippen LogP contribution is -2.22. The number of fused-ring (bicyclic) bond motifs is 2. The Morgan fingerprint density at radius 2 is 0.875 bits per heavy atom. The van der Waals surface area contributed by atoms with E-state index in [-0.39, 0.29) is 11.6 Å². The van der Waals surface area contributed by atoms with Crippen LogP contribution in [0.3, 0.4) is 0 Å². The molecule has 0 aromatic heterocycles. The average Bonchev–Trinajstić information content (AvgIpc) is 2.85. The standard InChI is InChI=1S/C28H20O2S2/c29-27-22-14-8-16-24(32-18-20-11-5-2-6-12-20)26(22)28(30)21-13-7-15-23(25(21)27)31-17-19-9-3-1-4-10-19/h1-16H,17-18H2. The highest BCUT2D eigenvalue weighted by Gasteiger charge is 2.33. The van der Waals surface area contributed by atoms with Crippen LogP contribution in [0.1, 0.15) is 43.0 Å². The summed E-state index contributed by atoms with van der Waals surface area (Å²) in [6, 6.07) is 31.5. The molecule has 1 aliphatic carbocycles. The topological polar surface area (TPSA) is 34.1 Å². The summed E-state index contributed by atoms with van der Waals surface area (Å²) in [6.45, 7) is 0. The molecule has 0 N–H and O–H groups in total. The van der Waals surface area contributed by atoms with Crippen LogP contribution in [0.2, 0.25) is 0 Å². The Bertz CT molecular complexity index is 1190. The monoisotopic (exact) mass is 452 g/mol. The summed E-state index contributed by atoms with van der Waals surface area (Å²) in [5, 5.41) is 0. The van der Waals surface area contributed by atoms with Gasteiger partial charge in [-0.15, -0.1) is 23.5 Å². The van der Waals surface area contributed by atoms with Crippen molar-refractivity contribution in [3.05, 3.63) is 130 Å². The Labute approximate surface area is 196 Å². The molecule has 0 saturated carbocycles. The Balaban J connectivity index is 1.47. The van der Waals surface area contributed by atoms with Crippen LogP contribution in [0.4, 0.5) is 0 Å². The fourth-order valence-corrected chi connectivity index (χ4v) is 5.96. The lowest BCUT2D eigenvalue weighted by molar-refractivity contribution is 0.0974. The third-order valence-electron chi connectivity index (χ3n) is 5.47. The largest absolute Gasteiger partial charge is 0.289 e. The highest BCUT2D eigenvalue weighted by Crippen LogP contribution is 2.39. The van der Waals surface area contributed by atoms with Gasteiger partial charge in [-0.2, -0.15) is 0 Å². The third-order valence-corrected chi connectivity index (χ3v) is 7.73. The van der Waals surface area contributed by atoms with Crippen molar-refractivity contribution in [3.63, 3.8) is 0 Å². The molecule has 156 valence electrons. The number of benzene rings is 4. The predicted molar refractivity (Wildman–Crippen MR) is 132 cm³/mol. The van der Waals surface area contributed by atoms with Crippen molar-refractivity contribution in [2.45, 2.75) is 21.3 Å². The molecule has 4 aromatic carbocycles. The normalized spacial score (nSPS) is 12.4. The molecular formula is C28H20O2S2. The molecule has 4 heteroatoms. The molecule has 0 saturated heterocycles. The molecule has 0 spiro atoms. The van der Waals surface area contributed by atoms with Gasteiger partial charge >= 0.3 is 0 Å². The zero-order valence-electron chi connectivity index (χ0n) is 17.3. The van der Waals surface area contributed by atoms with Crippen LogP contribution in [0, 0.1) is 0 Å². The molecule has 0 unspecified atom stereocenters. The summed E-state index contributed by atoms with van der Waals surface area (Å²) in [5.41, 5.74) is 4.46. The molecule has 4 aromatic rings. The molecule has 0 bridgehead atoms. The number of rotatable bonds is 6. The van der Waals surface area contributed by atoms with Gasteiger partial charge < -0.3 is 0 Å². The van der Waals surface area contributed by atoms with Crippen molar-refractivity contribution < 1.29 is 9.59 Å². The van der Waals surface area contributed by atoms with Crippen LogP contribution in [0.15, 0.2) is 107 Å².